The van der Waals surface area contributed by atoms with Gasteiger partial charge in [-0.25, -0.2) is 0 Å². The lowest BCUT2D eigenvalue weighted by Crippen LogP contribution is -2.27. The molecule has 0 saturated heterocycles. The van der Waals surface area contributed by atoms with Crippen molar-refractivity contribution in [3.05, 3.63) is 23.4 Å². The second-order valence-electron chi connectivity index (χ2n) is 3.97. The van der Waals surface area contributed by atoms with Crippen LogP contribution in [0.5, 0.6) is 0 Å². The second-order valence-corrected chi connectivity index (χ2v) is 13.0. The van der Waals surface area contributed by atoms with Crippen LogP contribution in [0.25, 0.3) is 0 Å². The molecule has 6 heteroatoms. The van der Waals surface area contributed by atoms with Gasteiger partial charge in [-0.15, -0.1) is 17.9 Å². The molecule has 0 spiro atoms. The summed E-state index contributed by atoms with van der Waals surface area (Å²) < 4.78 is 0. The largest absolute Gasteiger partial charge is 0.294 e. The molecule has 0 bridgehead atoms. The van der Waals surface area contributed by atoms with Gasteiger partial charge in [0, 0.05) is 17.7 Å². The van der Waals surface area contributed by atoms with Crippen LogP contribution >= 0.6 is 33.1 Å². The third-order valence-corrected chi connectivity index (χ3v) is 12.7. The van der Waals surface area contributed by atoms with Crippen LogP contribution in [-0.2, 0) is 6.42 Å². The molecule has 16 heavy (non-hydrogen) atoms. The highest BCUT2D eigenvalue weighted by atomic mass is 32.6. The van der Waals surface area contributed by atoms with Crippen molar-refractivity contribution in [3.63, 3.8) is 0 Å². The lowest BCUT2D eigenvalue weighted by Gasteiger charge is -2.23. The van der Waals surface area contributed by atoms with Gasteiger partial charge in [0.05, 0.1) is 5.44 Å². The van der Waals surface area contributed by atoms with Gasteiger partial charge in [-0.2, -0.15) is 0 Å². The Kier molecular flexibility index (Phi) is 4.43. The monoisotopic (exact) mass is 289 g/mol. The standard InChI is InChI=1S/C10H15NOP4/c1-6-2-3-7-4-5-11-10(16(14)15-13)8(7)9(6)12/h4-6,15H,2-3,13-14H2,1H3. The summed E-state index contributed by atoms with van der Waals surface area (Å²) >= 11 is 0. The fourth-order valence-corrected chi connectivity index (χ4v) is 5.33. The molecular weight excluding hydrogens is 274 g/mol. The Morgan fingerprint density at radius 2 is 2.38 bits per heavy atom. The van der Waals surface area contributed by atoms with E-state index in [1.165, 1.54) is 5.56 Å². The molecule has 86 valence electrons. The summed E-state index contributed by atoms with van der Waals surface area (Å²) in [5.74, 6) is 0.458. The Morgan fingerprint density at radius 1 is 1.62 bits per heavy atom. The first-order valence-corrected chi connectivity index (χ1v) is 11.8. The van der Waals surface area contributed by atoms with Crippen LogP contribution in [0.3, 0.4) is 0 Å². The van der Waals surface area contributed by atoms with Gasteiger partial charge < -0.3 is 0 Å². The molecule has 0 aromatic carbocycles. The van der Waals surface area contributed by atoms with E-state index in [0.717, 1.165) is 31.8 Å². The molecule has 1 aromatic rings. The Hall–Kier alpha value is 0.540. The maximum absolute atomic E-state index is 12.2. The zero-order chi connectivity index (χ0) is 11.7. The van der Waals surface area contributed by atoms with Crippen molar-refractivity contribution in [2.45, 2.75) is 19.8 Å². The molecule has 1 heterocycles. The second kappa shape index (κ2) is 5.46. The van der Waals surface area contributed by atoms with Crippen molar-refractivity contribution < 1.29 is 4.79 Å². The van der Waals surface area contributed by atoms with Crippen molar-refractivity contribution in [1.29, 1.82) is 0 Å². The maximum atomic E-state index is 12.2. The molecule has 2 nitrogen and oxygen atoms in total. The maximum Gasteiger partial charge on any atom is 0.168 e. The van der Waals surface area contributed by atoms with E-state index in [0.29, 0.717) is 5.78 Å². The minimum atomic E-state index is -0.358. The zero-order valence-corrected chi connectivity index (χ0v) is 13.3. The molecule has 5 unspecified atom stereocenters. The Bertz CT molecular complexity index is 423. The van der Waals surface area contributed by atoms with E-state index >= 15 is 0 Å². The van der Waals surface area contributed by atoms with Gasteiger partial charge in [-0.1, -0.05) is 14.9 Å². The number of rotatable bonds is 2. The molecule has 2 rings (SSSR count). The summed E-state index contributed by atoms with van der Waals surface area (Å²) in [6.07, 6.45) is 3.85. The van der Waals surface area contributed by atoms with Gasteiger partial charge in [0.2, 0.25) is 0 Å². The number of nitrogens with zero attached hydrogens (tertiary/aromatic N) is 1. The van der Waals surface area contributed by atoms with Gasteiger partial charge in [-0.3, -0.25) is 9.78 Å². The first-order chi connectivity index (χ1) is 7.65. The molecular formula is C10H15NOP4. The van der Waals surface area contributed by atoms with Crippen molar-refractivity contribution in [2.24, 2.45) is 5.92 Å². The number of aromatic nitrogens is 1. The van der Waals surface area contributed by atoms with Crippen molar-refractivity contribution in [1.82, 2.24) is 4.98 Å². The average Bonchev–Trinajstić information content (AvgIpc) is 2.32. The predicted molar refractivity (Wildman–Crippen MR) is 80.3 cm³/mol. The van der Waals surface area contributed by atoms with E-state index in [1.54, 1.807) is 0 Å². The molecule has 0 radical (unpaired) electrons. The lowest BCUT2D eigenvalue weighted by atomic mass is 9.85. The van der Waals surface area contributed by atoms with E-state index in [-0.39, 0.29) is 13.2 Å². The van der Waals surface area contributed by atoms with Gasteiger partial charge >= 0.3 is 0 Å². The Balaban J connectivity index is 2.52. The summed E-state index contributed by atoms with van der Waals surface area (Å²) in [5, 5.41) is 0. The molecule has 0 N–H and O–H groups in total. The quantitative estimate of drug-likeness (QED) is 0.783. The average molecular weight is 289 g/mol. The van der Waals surface area contributed by atoms with Crippen LogP contribution in [0.15, 0.2) is 12.3 Å². The highest BCUT2D eigenvalue weighted by Gasteiger charge is 2.28. The highest BCUT2D eigenvalue weighted by Crippen LogP contribution is 2.65. The number of hydrogen-bond acceptors (Lipinski definition) is 2. The number of hydrogen-bond donors (Lipinski definition) is 0. The van der Waals surface area contributed by atoms with Gasteiger partial charge in [-0.05, 0) is 31.8 Å². The van der Waals surface area contributed by atoms with E-state index in [2.05, 4.69) is 22.8 Å². The van der Waals surface area contributed by atoms with E-state index < -0.39 is 0 Å². The summed E-state index contributed by atoms with van der Waals surface area (Å²) in [6, 6.07) is 2.00. The number of ketones is 1. The number of carbonyl (C=O) groups is 1. The first-order valence-electron chi connectivity index (χ1n) is 5.18. The summed E-state index contributed by atoms with van der Waals surface area (Å²) in [7, 11) is 6.00. The highest BCUT2D eigenvalue weighted by molar-refractivity contribution is 8.63. The molecule has 1 aliphatic rings. The van der Waals surface area contributed by atoms with Crippen molar-refractivity contribution >= 4 is 44.3 Å². The topological polar surface area (TPSA) is 30.0 Å². The Morgan fingerprint density at radius 3 is 3.06 bits per heavy atom. The lowest BCUT2D eigenvalue weighted by molar-refractivity contribution is 0.0915. The van der Waals surface area contributed by atoms with Crippen molar-refractivity contribution in [3.8, 4) is 0 Å². The van der Waals surface area contributed by atoms with Gasteiger partial charge in [0.15, 0.2) is 5.78 Å². The van der Waals surface area contributed by atoms with Gasteiger partial charge in [0.25, 0.3) is 0 Å². The van der Waals surface area contributed by atoms with Crippen LogP contribution in [0, 0.1) is 5.92 Å². The van der Waals surface area contributed by atoms with Gasteiger partial charge in [0.1, 0.15) is 0 Å². The summed E-state index contributed by atoms with van der Waals surface area (Å²) in [5.41, 5.74) is 3.16. The minimum absolute atomic E-state index is 0.164. The zero-order valence-electron chi connectivity index (χ0n) is 9.10. The third-order valence-electron chi connectivity index (χ3n) is 2.93. The van der Waals surface area contributed by atoms with E-state index in [9.17, 15) is 4.79 Å². The summed E-state index contributed by atoms with van der Waals surface area (Å²) in [6.45, 7) is 2.02. The molecule has 0 aliphatic heterocycles. The fraction of sp³-hybridized carbons (Fsp3) is 0.400. The third kappa shape index (κ3) is 2.37. The van der Waals surface area contributed by atoms with Crippen molar-refractivity contribution in [2.75, 3.05) is 0 Å². The number of Topliss-reactive ketones (excluding diaryl/α,β-unsaturated/α-hetero) is 1. The minimum Gasteiger partial charge on any atom is -0.294 e. The van der Waals surface area contributed by atoms with Crippen LogP contribution < -0.4 is 5.44 Å². The molecule has 0 amide bonds. The Labute approximate surface area is 103 Å². The van der Waals surface area contributed by atoms with Crippen LogP contribution in [0.2, 0.25) is 0 Å². The molecule has 0 fully saturated rings. The van der Waals surface area contributed by atoms with Crippen LogP contribution in [0.1, 0.15) is 29.3 Å². The van der Waals surface area contributed by atoms with Crippen LogP contribution in [0.4, 0.5) is 0 Å². The first kappa shape index (κ1) is 13.0. The van der Waals surface area contributed by atoms with Crippen LogP contribution in [-0.4, -0.2) is 10.8 Å². The smallest absolute Gasteiger partial charge is 0.168 e. The summed E-state index contributed by atoms with van der Waals surface area (Å²) in [4.78, 5) is 16.6. The molecule has 5 atom stereocenters. The predicted octanol–water partition coefficient (Wildman–Crippen LogP) is 3.13. The van der Waals surface area contributed by atoms with E-state index in [1.807, 2.05) is 19.2 Å². The molecule has 0 saturated carbocycles. The normalized spacial score (nSPS) is 22.4. The fourth-order valence-electron chi connectivity index (χ4n) is 1.96. The number of carbonyl (C=O) groups excluding carboxylic acids is 1. The number of aryl methyl sites for hydroxylation is 1. The number of pyridine rings is 1. The van der Waals surface area contributed by atoms with E-state index in [4.69, 9.17) is 0 Å². The molecule has 1 aromatic heterocycles. The SMILES string of the molecule is CC1CCc2ccnc(P(P)PP)c2C1=O. The molecule has 1 aliphatic carbocycles. The number of fused-ring (bicyclic) bond motifs is 1.